The monoisotopic (exact) mass is 219 g/mol. The number of nitrogens with zero attached hydrogens (tertiary/aromatic N) is 3. The van der Waals surface area contributed by atoms with Crippen LogP contribution in [0.15, 0.2) is 23.3 Å². The molecule has 0 fully saturated rings. The van der Waals surface area contributed by atoms with Crippen molar-refractivity contribution in [3.63, 3.8) is 0 Å². The highest BCUT2D eigenvalue weighted by atomic mass is 16.1. The fourth-order valence-electron chi connectivity index (χ4n) is 1.36. The molecule has 1 rings (SSSR count). The van der Waals surface area contributed by atoms with Gasteiger partial charge in [0.15, 0.2) is 0 Å². The second-order valence-electron chi connectivity index (χ2n) is 3.21. The third kappa shape index (κ3) is 2.98. The number of carbonyl (C=O) groups excluding carboxylic acids is 1. The van der Waals surface area contributed by atoms with Gasteiger partial charge in [0.2, 0.25) is 0 Å². The smallest absolute Gasteiger partial charge is 0.251 e. The fourth-order valence-corrected chi connectivity index (χ4v) is 1.36. The Hall–Kier alpha value is -2.04. The van der Waals surface area contributed by atoms with E-state index in [1.165, 1.54) is 0 Å². The first kappa shape index (κ1) is 12.0. The first-order valence-corrected chi connectivity index (χ1v) is 4.77. The molecule has 0 unspecified atom stereocenters. The molecule has 0 heterocycles. The summed E-state index contributed by atoms with van der Waals surface area (Å²) >= 11 is 0. The summed E-state index contributed by atoms with van der Waals surface area (Å²) in [4.78, 5) is 14.1. The average Bonchev–Trinajstić information content (AvgIpc) is 2.34. The number of nitrogens with one attached hydrogen (secondary N) is 1. The Morgan fingerprint density at radius 3 is 2.75 bits per heavy atom. The highest BCUT2D eigenvalue weighted by molar-refractivity contribution is 5.94. The minimum atomic E-state index is -0.183. The van der Waals surface area contributed by atoms with E-state index in [1.807, 2.05) is 6.07 Å². The molecule has 0 radical (unpaired) electrons. The lowest BCUT2D eigenvalue weighted by Gasteiger charge is -2.06. The van der Waals surface area contributed by atoms with E-state index < -0.39 is 0 Å². The summed E-state index contributed by atoms with van der Waals surface area (Å²) in [6.45, 7) is 0.558. The van der Waals surface area contributed by atoms with Crippen LogP contribution in [0.25, 0.3) is 10.4 Å². The zero-order valence-electron chi connectivity index (χ0n) is 8.97. The van der Waals surface area contributed by atoms with E-state index in [9.17, 15) is 4.79 Å². The number of hydrogen-bond donors (Lipinski definition) is 2. The van der Waals surface area contributed by atoms with Crippen LogP contribution in [0.4, 0.5) is 0 Å². The molecule has 3 N–H and O–H groups in total. The minimum absolute atomic E-state index is 0.183. The molecule has 84 valence electrons. The van der Waals surface area contributed by atoms with Crippen LogP contribution in [0.2, 0.25) is 0 Å². The summed E-state index contributed by atoms with van der Waals surface area (Å²) in [5.74, 6) is -0.183. The van der Waals surface area contributed by atoms with Crippen molar-refractivity contribution in [3.05, 3.63) is 45.3 Å². The molecule has 0 saturated carbocycles. The SMILES string of the molecule is CNC(=O)c1cc(CN)cc(CN=[N+]=[N-])c1. The van der Waals surface area contributed by atoms with E-state index in [0.29, 0.717) is 12.1 Å². The molecule has 0 aliphatic carbocycles. The van der Waals surface area contributed by atoms with Gasteiger partial charge in [-0.3, -0.25) is 4.79 Å². The molecule has 0 saturated heterocycles. The Morgan fingerprint density at radius 2 is 2.19 bits per heavy atom. The average molecular weight is 219 g/mol. The Bertz CT molecular complexity index is 437. The molecule has 6 nitrogen and oxygen atoms in total. The van der Waals surface area contributed by atoms with Crippen LogP contribution in [0, 0.1) is 0 Å². The standard InChI is InChI=1S/C10H13N5O/c1-13-10(16)9-3-7(5-11)2-8(4-9)6-14-15-12/h2-4H,5-6,11H2,1H3,(H,13,16). The lowest BCUT2D eigenvalue weighted by atomic mass is 10.1. The second-order valence-corrected chi connectivity index (χ2v) is 3.21. The third-order valence-electron chi connectivity index (χ3n) is 2.09. The van der Waals surface area contributed by atoms with Crippen LogP contribution in [0.1, 0.15) is 21.5 Å². The number of hydrogen-bond acceptors (Lipinski definition) is 3. The Labute approximate surface area is 93.1 Å². The summed E-state index contributed by atoms with van der Waals surface area (Å²) in [6, 6.07) is 5.23. The van der Waals surface area contributed by atoms with Crippen molar-refractivity contribution in [2.75, 3.05) is 7.05 Å². The summed E-state index contributed by atoms with van der Waals surface area (Å²) in [7, 11) is 1.56. The fraction of sp³-hybridized carbons (Fsp3) is 0.300. The molecule has 0 atom stereocenters. The molecule has 0 bridgehead atoms. The van der Waals surface area contributed by atoms with Gasteiger partial charge in [0.05, 0.1) is 6.54 Å². The van der Waals surface area contributed by atoms with Crippen molar-refractivity contribution in [2.24, 2.45) is 10.8 Å². The largest absolute Gasteiger partial charge is 0.355 e. The maximum Gasteiger partial charge on any atom is 0.251 e. The highest BCUT2D eigenvalue weighted by Gasteiger charge is 2.06. The van der Waals surface area contributed by atoms with Gasteiger partial charge in [0.1, 0.15) is 0 Å². The lowest BCUT2D eigenvalue weighted by Crippen LogP contribution is -2.18. The van der Waals surface area contributed by atoms with E-state index in [1.54, 1.807) is 19.2 Å². The molecule has 0 aliphatic heterocycles. The van der Waals surface area contributed by atoms with E-state index in [4.69, 9.17) is 11.3 Å². The van der Waals surface area contributed by atoms with E-state index >= 15 is 0 Å². The minimum Gasteiger partial charge on any atom is -0.355 e. The Balaban J connectivity index is 3.09. The van der Waals surface area contributed by atoms with E-state index in [-0.39, 0.29) is 12.5 Å². The normalized spacial score (nSPS) is 9.38. The molecule has 6 heteroatoms. The first-order chi connectivity index (χ1) is 7.71. The van der Waals surface area contributed by atoms with Gasteiger partial charge < -0.3 is 11.1 Å². The predicted molar refractivity (Wildman–Crippen MR) is 60.6 cm³/mol. The summed E-state index contributed by atoms with van der Waals surface area (Å²) < 4.78 is 0. The molecular weight excluding hydrogens is 206 g/mol. The Morgan fingerprint density at radius 1 is 1.50 bits per heavy atom. The van der Waals surface area contributed by atoms with Crippen molar-refractivity contribution >= 4 is 5.91 Å². The highest BCUT2D eigenvalue weighted by Crippen LogP contribution is 2.11. The quantitative estimate of drug-likeness (QED) is 0.453. The van der Waals surface area contributed by atoms with Gasteiger partial charge in [-0.15, -0.1) is 0 Å². The van der Waals surface area contributed by atoms with Crippen LogP contribution in [-0.2, 0) is 13.1 Å². The van der Waals surface area contributed by atoms with Gasteiger partial charge in [-0.25, -0.2) is 0 Å². The molecule has 1 amide bonds. The van der Waals surface area contributed by atoms with Crippen molar-refractivity contribution in [3.8, 4) is 0 Å². The molecule has 1 aromatic carbocycles. The molecule has 0 aromatic heterocycles. The zero-order chi connectivity index (χ0) is 12.0. The molecule has 0 spiro atoms. The van der Waals surface area contributed by atoms with Crippen LogP contribution < -0.4 is 11.1 Å². The number of rotatable bonds is 4. The van der Waals surface area contributed by atoms with Crippen LogP contribution >= 0.6 is 0 Å². The van der Waals surface area contributed by atoms with E-state index in [2.05, 4.69) is 15.3 Å². The van der Waals surface area contributed by atoms with Gasteiger partial charge in [0.25, 0.3) is 5.91 Å². The third-order valence-corrected chi connectivity index (χ3v) is 2.09. The number of carbonyl (C=O) groups is 1. The predicted octanol–water partition coefficient (Wildman–Crippen LogP) is 1.32. The topological polar surface area (TPSA) is 104 Å². The van der Waals surface area contributed by atoms with Crippen LogP contribution in [0.3, 0.4) is 0 Å². The number of azide groups is 1. The molecule has 1 aromatic rings. The first-order valence-electron chi connectivity index (χ1n) is 4.77. The lowest BCUT2D eigenvalue weighted by molar-refractivity contribution is 0.0963. The van der Waals surface area contributed by atoms with Crippen molar-refractivity contribution in [1.82, 2.24) is 5.32 Å². The summed E-state index contributed by atoms with van der Waals surface area (Å²) in [6.07, 6.45) is 0. The maximum atomic E-state index is 11.5. The van der Waals surface area contributed by atoms with E-state index in [0.717, 1.165) is 11.1 Å². The number of nitrogens with two attached hydrogens (primary N) is 1. The van der Waals surface area contributed by atoms with Crippen LogP contribution in [-0.4, -0.2) is 13.0 Å². The molecule has 0 aliphatic rings. The second kappa shape index (κ2) is 5.75. The van der Waals surface area contributed by atoms with Crippen molar-refractivity contribution < 1.29 is 4.79 Å². The van der Waals surface area contributed by atoms with Crippen molar-refractivity contribution in [1.29, 1.82) is 0 Å². The van der Waals surface area contributed by atoms with Crippen LogP contribution in [0.5, 0.6) is 0 Å². The Kier molecular flexibility index (Phi) is 4.32. The van der Waals surface area contributed by atoms with Gasteiger partial charge in [-0.05, 0) is 28.8 Å². The summed E-state index contributed by atoms with van der Waals surface area (Å²) in [5.41, 5.74) is 15.9. The molecular formula is C10H13N5O. The maximum absolute atomic E-state index is 11.5. The van der Waals surface area contributed by atoms with Crippen molar-refractivity contribution in [2.45, 2.75) is 13.1 Å². The molecule has 16 heavy (non-hydrogen) atoms. The zero-order valence-corrected chi connectivity index (χ0v) is 8.97. The van der Waals surface area contributed by atoms with Gasteiger partial charge in [-0.1, -0.05) is 11.2 Å². The number of amides is 1. The van der Waals surface area contributed by atoms with Gasteiger partial charge in [-0.2, -0.15) is 0 Å². The number of benzene rings is 1. The van der Waals surface area contributed by atoms with Gasteiger partial charge in [0, 0.05) is 24.1 Å². The van der Waals surface area contributed by atoms with Gasteiger partial charge >= 0.3 is 0 Å². The summed E-state index contributed by atoms with van der Waals surface area (Å²) in [5, 5.41) is 5.98.